The first kappa shape index (κ1) is 13.4. The van der Waals surface area contributed by atoms with Crippen molar-refractivity contribution in [3.05, 3.63) is 35.5 Å². The van der Waals surface area contributed by atoms with Gasteiger partial charge in [0, 0.05) is 7.05 Å². The van der Waals surface area contributed by atoms with Gasteiger partial charge >= 0.3 is 0 Å². The summed E-state index contributed by atoms with van der Waals surface area (Å²) in [5.74, 6) is -0.0244. The van der Waals surface area contributed by atoms with Crippen LogP contribution in [0.15, 0.2) is 24.4 Å². The number of ether oxygens (including phenoxy) is 1. The molecule has 0 bridgehead atoms. The van der Waals surface area contributed by atoms with Crippen LogP contribution in [-0.4, -0.2) is 27.9 Å². The number of aryl methyl sites for hydroxylation is 1. The molecule has 2 aromatic rings. The lowest BCUT2D eigenvalue weighted by molar-refractivity contribution is 0.102. The van der Waals surface area contributed by atoms with E-state index < -0.39 is 5.91 Å². The van der Waals surface area contributed by atoms with Gasteiger partial charge in [0.25, 0.3) is 5.91 Å². The van der Waals surface area contributed by atoms with Gasteiger partial charge in [-0.25, -0.2) is 0 Å². The highest BCUT2D eigenvalue weighted by molar-refractivity contribution is 6.06. The molecule has 0 aliphatic carbocycles. The molecule has 2 N–H and O–H groups in total. The molecular weight excluding hydrogens is 260 g/mol. The van der Waals surface area contributed by atoms with E-state index >= 15 is 0 Å². The van der Waals surface area contributed by atoms with Gasteiger partial charge in [0.15, 0.2) is 0 Å². The maximum atomic E-state index is 12.1. The molecule has 2 rings (SSSR count). The van der Waals surface area contributed by atoms with Crippen LogP contribution in [0.25, 0.3) is 0 Å². The van der Waals surface area contributed by atoms with E-state index in [-0.39, 0.29) is 22.7 Å². The minimum Gasteiger partial charge on any atom is -0.507 e. The molecule has 0 saturated heterocycles. The van der Waals surface area contributed by atoms with Crippen LogP contribution in [0.1, 0.15) is 15.9 Å². The summed E-state index contributed by atoms with van der Waals surface area (Å²) in [6, 6.07) is 6.24. The third-order valence-corrected chi connectivity index (χ3v) is 2.74. The number of carbonyl (C=O) groups excluding carboxylic acids is 1. The SMILES string of the molecule is COc1ccc(O)c(C(=O)Nc2c(C#N)cnn2C)c1. The summed E-state index contributed by atoms with van der Waals surface area (Å²) in [6.07, 6.45) is 1.35. The van der Waals surface area contributed by atoms with Crippen LogP contribution in [0.3, 0.4) is 0 Å². The molecule has 1 aromatic carbocycles. The zero-order valence-electron chi connectivity index (χ0n) is 10.9. The third kappa shape index (κ3) is 2.40. The molecule has 1 aromatic heterocycles. The van der Waals surface area contributed by atoms with Crippen LogP contribution in [0, 0.1) is 11.3 Å². The predicted molar refractivity (Wildman–Crippen MR) is 70.5 cm³/mol. The highest BCUT2D eigenvalue weighted by atomic mass is 16.5. The Morgan fingerprint density at radius 1 is 1.55 bits per heavy atom. The molecule has 102 valence electrons. The minimum atomic E-state index is -0.554. The van der Waals surface area contributed by atoms with Crippen LogP contribution in [0.5, 0.6) is 11.5 Å². The molecule has 0 aliphatic heterocycles. The number of amides is 1. The fraction of sp³-hybridized carbons (Fsp3) is 0.154. The summed E-state index contributed by atoms with van der Waals surface area (Å²) in [5.41, 5.74) is 0.290. The second kappa shape index (κ2) is 5.32. The van der Waals surface area contributed by atoms with Gasteiger partial charge in [0.05, 0.1) is 18.9 Å². The van der Waals surface area contributed by atoms with Crippen molar-refractivity contribution in [3.8, 4) is 17.6 Å². The molecule has 0 spiro atoms. The van der Waals surface area contributed by atoms with E-state index in [0.29, 0.717) is 5.75 Å². The second-order valence-electron chi connectivity index (χ2n) is 3.98. The zero-order chi connectivity index (χ0) is 14.7. The van der Waals surface area contributed by atoms with E-state index in [2.05, 4.69) is 10.4 Å². The third-order valence-electron chi connectivity index (χ3n) is 2.74. The minimum absolute atomic E-state index is 0.0504. The fourth-order valence-corrected chi connectivity index (χ4v) is 1.67. The first-order valence-electron chi connectivity index (χ1n) is 5.67. The normalized spacial score (nSPS) is 9.85. The number of phenols is 1. The molecule has 0 atom stereocenters. The van der Waals surface area contributed by atoms with Gasteiger partial charge in [-0.3, -0.25) is 9.48 Å². The Labute approximate surface area is 115 Å². The van der Waals surface area contributed by atoms with Gasteiger partial charge in [-0.15, -0.1) is 0 Å². The highest BCUT2D eigenvalue weighted by Gasteiger charge is 2.16. The Bertz CT molecular complexity index is 700. The number of nitrogens with one attached hydrogen (secondary N) is 1. The number of rotatable bonds is 3. The number of hydrogen-bond donors (Lipinski definition) is 2. The van der Waals surface area contributed by atoms with Crippen molar-refractivity contribution < 1.29 is 14.6 Å². The van der Waals surface area contributed by atoms with Gasteiger partial charge < -0.3 is 15.2 Å². The summed E-state index contributed by atoms with van der Waals surface area (Å²) < 4.78 is 6.37. The zero-order valence-corrected chi connectivity index (χ0v) is 10.9. The number of nitrogens with zero attached hydrogens (tertiary/aromatic N) is 3. The Balaban J connectivity index is 2.33. The van der Waals surface area contributed by atoms with Crippen molar-refractivity contribution in [2.75, 3.05) is 12.4 Å². The lowest BCUT2D eigenvalue weighted by Crippen LogP contribution is -2.15. The Morgan fingerprint density at radius 3 is 2.95 bits per heavy atom. The number of hydrogen-bond acceptors (Lipinski definition) is 5. The first-order valence-corrected chi connectivity index (χ1v) is 5.67. The number of carbonyl (C=O) groups is 1. The highest BCUT2D eigenvalue weighted by Crippen LogP contribution is 2.24. The Hall–Kier alpha value is -3.01. The molecule has 0 aliphatic rings. The fourth-order valence-electron chi connectivity index (χ4n) is 1.67. The standard InChI is InChI=1S/C13H12N4O3/c1-17-12(8(6-14)7-15-17)16-13(19)10-5-9(20-2)3-4-11(10)18/h3-5,7,18H,1-2H3,(H,16,19). The second-order valence-corrected chi connectivity index (χ2v) is 3.98. The van der Waals surface area contributed by atoms with Gasteiger partial charge in [-0.05, 0) is 18.2 Å². The molecule has 0 saturated carbocycles. The van der Waals surface area contributed by atoms with Gasteiger partial charge in [0.2, 0.25) is 0 Å². The summed E-state index contributed by atoms with van der Waals surface area (Å²) in [5, 5.41) is 25.1. The number of anilines is 1. The van der Waals surface area contributed by atoms with E-state index in [9.17, 15) is 9.90 Å². The van der Waals surface area contributed by atoms with Crippen LogP contribution < -0.4 is 10.1 Å². The van der Waals surface area contributed by atoms with Gasteiger partial charge in [0.1, 0.15) is 28.9 Å². The molecule has 1 amide bonds. The first-order chi connectivity index (χ1) is 9.56. The molecule has 7 nitrogen and oxygen atoms in total. The molecule has 0 radical (unpaired) electrons. The van der Waals surface area contributed by atoms with E-state index in [1.807, 2.05) is 6.07 Å². The summed E-state index contributed by atoms with van der Waals surface area (Å²) in [4.78, 5) is 12.1. The monoisotopic (exact) mass is 272 g/mol. The van der Waals surface area contributed by atoms with Crippen LogP contribution in [-0.2, 0) is 7.05 Å². The lowest BCUT2D eigenvalue weighted by atomic mass is 10.1. The largest absolute Gasteiger partial charge is 0.507 e. The lowest BCUT2D eigenvalue weighted by Gasteiger charge is -2.09. The molecule has 20 heavy (non-hydrogen) atoms. The van der Waals surface area contributed by atoms with Crippen LogP contribution >= 0.6 is 0 Å². The predicted octanol–water partition coefficient (Wildman–Crippen LogP) is 1.26. The molecule has 7 heteroatoms. The Kier molecular flexibility index (Phi) is 3.57. The number of aromatic hydroxyl groups is 1. The smallest absolute Gasteiger partial charge is 0.260 e. The number of nitriles is 1. The average Bonchev–Trinajstić information content (AvgIpc) is 2.80. The summed E-state index contributed by atoms with van der Waals surface area (Å²) >= 11 is 0. The summed E-state index contributed by atoms with van der Waals surface area (Å²) in [7, 11) is 3.06. The molecule has 0 unspecified atom stereocenters. The van der Waals surface area contributed by atoms with Gasteiger partial charge in [-0.1, -0.05) is 0 Å². The Morgan fingerprint density at radius 2 is 2.30 bits per heavy atom. The summed E-state index contributed by atoms with van der Waals surface area (Å²) in [6.45, 7) is 0. The van der Waals surface area contributed by atoms with Gasteiger partial charge in [-0.2, -0.15) is 10.4 Å². The quantitative estimate of drug-likeness (QED) is 0.876. The number of phenolic OH excluding ortho intramolecular Hbond substituents is 1. The van der Waals surface area contributed by atoms with Crippen molar-refractivity contribution in [2.45, 2.75) is 0 Å². The van der Waals surface area contributed by atoms with Crippen molar-refractivity contribution >= 4 is 11.7 Å². The van der Waals surface area contributed by atoms with Crippen molar-refractivity contribution in [2.24, 2.45) is 7.05 Å². The van der Waals surface area contributed by atoms with E-state index in [1.54, 1.807) is 7.05 Å². The maximum Gasteiger partial charge on any atom is 0.260 e. The van der Waals surface area contributed by atoms with E-state index in [1.165, 1.54) is 36.2 Å². The number of benzene rings is 1. The molecular formula is C13H12N4O3. The van der Waals surface area contributed by atoms with Crippen molar-refractivity contribution in [1.29, 1.82) is 5.26 Å². The van der Waals surface area contributed by atoms with Crippen LogP contribution in [0.2, 0.25) is 0 Å². The average molecular weight is 272 g/mol. The van der Waals surface area contributed by atoms with E-state index in [0.717, 1.165) is 0 Å². The van der Waals surface area contributed by atoms with Crippen molar-refractivity contribution in [3.63, 3.8) is 0 Å². The van der Waals surface area contributed by atoms with E-state index in [4.69, 9.17) is 10.00 Å². The van der Waals surface area contributed by atoms with Crippen molar-refractivity contribution in [1.82, 2.24) is 9.78 Å². The topological polar surface area (TPSA) is 100 Å². The number of aromatic nitrogens is 2. The van der Waals surface area contributed by atoms with Crippen LogP contribution in [0.4, 0.5) is 5.82 Å². The molecule has 1 heterocycles. The maximum absolute atomic E-state index is 12.1. The molecule has 0 fully saturated rings. The number of methoxy groups -OCH3 is 1.